The van der Waals surface area contributed by atoms with Crippen LogP contribution in [0, 0.1) is 6.92 Å². The summed E-state index contributed by atoms with van der Waals surface area (Å²) >= 11 is 0. The number of aromatic nitrogens is 3. The molecule has 6 heteroatoms. The highest BCUT2D eigenvalue weighted by atomic mass is 16.1. The fraction of sp³-hybridized carbons (Fsp3) is 0.238. The summed E-state index contributed by atoms with van der Waals surface area (Å²) in [7, 11) is 0. The lowest BCUT2D eigenvalue weighted by molar-refractivity contribution is 0.102. The van der Waals surface area contributed by atoms with Crippen molar-refractivity contribution in [2.45, 2.75) is 33.2 Å². The zero-order valence-corrected chi connectivity index (χ0v) is 15.7. The van der Waals surface area contributed by atoms with Crippen molar-refractivity contribution >= 4 is 17.5 Å². The van der Waals surface area contributed by atoms with Crippen LogP contribution >= 0.6 is 0 Å². The van der Waals surface area contributed by atoms with Crippen molar-refractivity contribution in [3.8, 4) is 0 Å². The second-order valence-electron chi connectivity index (χ2n) is 6.63. The van der Waals surface area contributed by atoms with E-state index in [0.717, 1.165) is 22.4 Å². The minimum absolute atomic E-state index is 0.252. The maximum atomic E-state index is 12.7. The van der Waals surface area contributed by atoms with E-state index < -0.39 is 0 Å². The molecule has 0 saturated carbocycles. The second-order valence-corrected chi connectivity index (χ2v) is 6.63. The lowest BCUT2D eigenvalue weighted by Gasteiger charge is -2.16. The third kappa shape index (κ3) is 4.67. The van der Waals surface area contributed by atoms with Crippen LogP contribution in [-0.4, -0.2) is 20.9 Å². The van der Waals surface area contributed by atoms with E-state index in [1.54, 1.807) is 24.7 Å². The van der Waals surface area contributed by atoms with Gasteiger partial charge >= 0.3 is 0 Å². The first kappa shape index (κ1) is 18.5. The van der Waals surface area contributed by atoms with Crippen molar-refractivity contribution < 1.29 is 4.79 Å². The van der Waals surface area contributed by atoms with Gasteiger partial charge in [-0.2, -0.15) is 0 Å². The van der Waals surface area contributed by atoms with Crippen LogP contribution in [0.5, 0.6) is 0 Å². The monoisotopic (exact) mass is 361 g/mol. The number of hydrogen-bond donors (Lipinski definition) is 2. The van der Waals surface area contributed by atoms with E-state index in [0.29, 0.717) is 24.1 Å². The molecule has 2 aromatic heterocycles. The van der Waals surface area contributed by atoms with E-state index in [2.05, 4.69) is 39.4 Å². The zero-order chi connectivity index (χ0) is 19.2. The predicted octanol–water partition coefficient (Wildman–Crippen LogP) is 4.17. The van der Waals surface area contributed by atoms with Gasteiger partial charge in [-0.3, -0.25) is 9.78 Å². The van der Waals surface area contributed by atoms with E-state index in [9.17, 15) is 4.79 Å². The smallest absolute Gasteiger partial charge is 0.274 e. The van der Waals surface area contributed by atoms with Crippen molar-refractivity contribution in [2.75, 3.05) is 10.6 Å². The van der Waals surface area contributed by atoms with Gasteiger partial charge < -0.3 is 10.6 Å². The molecule has 0 atom stereocenters. The summed E-state index contributed by atoms with van der Waals surface area (Å²) in [6.07, 6.45) is 5.08. The van der Waals surface area contributed by atoms with Crippen molar-refractivity contribution in [3.05, 3.63) is 77.4 Å². The van der Waals surface area contributed by atoms with Gasteiger partial charge in [0, 0.05) is 30.8 Å². The summed E-state index contributed by atoms with van der Waals surface area (Å²) in [6.45, 7) is 6.74. The van der Waals surface area contributed by atoms with Crippen LogP contribution in [0.25, 0.3) is 0 Å². The average molecular weight is 361 g/mol. The topological polar surface area (TPSA) is 79.8 Å². The Labute approximate surface area is 159 Å². The highest BCUT2D eigenvalue weighted by molar-refractivity contribution is 6.03. The second kappa shape index (κ2) is 8.40. The Morgan fingerprint density at radius 3 is 2.70 bits per heavy atom. The molecule has 0 aliphatic rings. The van der Waals surface area contributed by atoms with E-state index in [4.69, 9.17) is 0 Å². The first-order valence-electron chi connectivity index (χ1n) is 8.91. The lowest BCUT2D eigenvalue weighted by atomic mass is 9.98. The molecule has 3 rings (SSSR count). The average Bonchev–Trinajstić information content (AvgIpc) is 2.68. The van der Waals surface area contributed by atoms with Gasteiger partial charge in [0.2, 0.25) is 5.95 Å². The van der Waals surface area contributed by atoms with Crippen LogP contribution in [0.4, 0.5) is 11.6 Å². The number of anilines is 2. The Morgan fingerprint density at radius 2 is 1.96 bits per heavy atom. The van der Waals surface area contributed by atoms with Gasteiger partial charge in [-0.05, 0) is 41.7 Å². The molecule has 138 valence electrons. The molecular formula is C21H23N5O. The molecule has 0 unspecified atom stereocenters. The molecule has 0 bridgehead atoms. The molecule has 0 radical (unpaired) electrons. The van der Waals surface area contributed by atoms with Gasteiger partial charge in [0.05, 0.1) is 0 Å². The minimum atomic E-state index is -0.252. The Balaban J connectivity index is 1.74. The Morgan fingerprint density at radius 1 is 1.11 bits per heavy atom. The molecule has 6 nitrogen and oxygen atoms in total. The Kier molecular flexibility index (Phi) is 5.76. The molecular weight excluding hydrogens is 338 g/mol. The van der Waals surface area contributed by atoms with Crippen LogP contribution in [0.3, 0.4) is 0 Å². The number of benzene rings is 1. The van der Waals surface area contributed by atoms with Crippen molar-refractivity contribution in [3.63, 3.8) is 0 Å². The normalized spacial score (nSPS) is 10.7. The number of nitrogens with one attached hydrogen (secondary N) is 2. The van der Waals surface area contributed by atoms with Gasteiger partial charge in [0.1, 0.15) is 5.69 Å². The fourth-order valence-electron chi connectivity index (χ4n) is 2.77. The van der Waals surface area contributed by atoms with E-state index in [-0.39, 0.29) is 5.91 Å². The molecule has 1 amide bonds. The number of amides is 1. The first-order chi connectivity index (χ1) is 13.0. The standard InChI is InChI=1S/C21H23N5O/c1-14(2)17-8-4-6-15(3)19(17)26-20(27)18-9-11-23-21(25-18)24-13-16-7-5-10-22-12-16/h4-12,14H,13H2,1-3H3,(H,26,27)(H,23,24,25). The quantitative estimate of drug-likeness (QED) is 0.689. The number of pyridine rings is 1. The van der Waals surface area contributed by atoms with Crippen LogP contribution < -0.4 is 10.6 Å². The number of rotatable bonds is 6. The predicted molar refractivity (Wildman–Crippen MR) is 107 cm³/mol. The Bertz CT molecular complexity index is 925. The van der Waals surface area contributed by atoms with E-state index >= 15 is 0 Å². The fourth-order valence-corrected chi connectivity index (χ4v) is 2.77. The van der Waals surface area contributed by atoms with E-state index in [1.165, 1.54) is 0 Å². The summed E-state index contributed by atoms with van der Waals surface area (Å²) in [6, 6.07) is 11.5. The molecule has 2 N–H and O–H groups in total. The number of carbonyl (C=O) groups is 1. The number of para-hydroxylation sites is 1. The van der Waals surface area contributed by atoms with Crippen LogP contribution in [0.1, 0.15) is 46.9 Å². The minimum Gasteiger partial charge on any atom is -0.350 e. The number of aryl methyl sites for hydroxylation is 1. The van der Waals surface area contributed by atoms with Crippen LogP contribution in [-0.2, 0) is 6.54 Å². The van der Waals surface area contributed by atoms with Gasteiger partial charge in [0.25, 0.3) is 5.91 Å². The molecule has 27 heavy (non-hydrogen) atoms. The molecule has 2 heterocycles. The molecule has 1 aromatic carbocycles. The number of nitrogens with zero attached hydrogens (tertiary/aromatic N) is 3. The van der Waals surface area contributed by atoms with Crippen molar-refractivity contribution in [1.82, 2.24) is 15.0 Å². The first-order valence-corrected chi connectivity index (χ1v) is 8.91. The van der Waals surface area contributed by atoms with Crippen molar-refractivity contribution in [1.29, 1.82) is 0 Å². The molecule has 0 aliphatic heterocycles. The molecule has 0 spiro atoms. The molecule has 0 fully saturated rings. The van der Waals surface area contributed by atoms with Crippen LogP contribution in [0.2, 0.25) is 0 Å². The summed E-state index contributed by atoms with van der Waals surface area (Å²) < 4.78 is 0. The zero-order valence-electron chi connectivity index (χ0n) is 15.7. The van der Waals surface area contributed by atoms with Gasteiger partial charge in [0.15, 0.2) is 0 Å². The molecule has 3 aromatic rings. The maximum Gasteiger partial charge on any atom is 0.274 e. The summed E-state index contributed by atoms with van der Waals surface area (Å²) in [4.78, 5) is 25.3. The van der Waals surface area contributed by atoms with E-state index in [1.807, 2.05) is 37.3 Å². The SMILES string of the molecule is Cc1cccc(C(C)C)c1NC(=O)c1ccnc(NCc2cccnc2)n1. The number of carbonyl (C=O) groups excluding carboxylic acids is 1. The molecule has 0 saturated heterocycles. The third-order valence-electron chi connectivity index (χ3n) is 4.23. The lowest BCUT2D eigenvalue weighted by Crippen LogP contribution is -2.17. The van der Waals surface area contributed by atoms with Gasteiger partial charge in [-0.1, -0.05) is 38.1 Å². The summed E-state index contributed by atoms with van der Waals surface area (Å²) in [5.41, 5.74) is 4.31. The Hall–Kier alpha value is -3.28. The highest BCUT2D eigenvalue weighted by Gasteiger charge is 2.15. The number of hydrogen-bond acceptors (Lipinski definition) is 5. The largest absolute Gasteiger partial charge is 0.350 e. The summed E-state index contributed by atoms with van der Waals surface area (Å²) in [5.74, 6) is 0.459. The summed E-state index contributed by atoms with van der Waals surface area (Å²) in [5, 5.41) is 6.13. The maximum absolute atomic E-state index is 12.7. The van der Waals surface area contributed by atoms with Crippen molar-refractivity contribution in [2.24, 2.45) is 0 Å². The van der Waals surface area contributed by atoms with Gasteiger partial charge in [-0.25, -0.2) is 9.97 Å². The van der Waals surface area contributed by atoms with Crippen LogP contribution in [0.15, 0.2) is 55.0 Å². The van der Waals surface area contributed by atoms with Gasteiger partial charge in [-0.15, -0.1) is 0 Å². The molecule has 0 aliphatic carbocycles. The highest BCUT2D eigenvalue weighted by Crippen LogP contribution is 2.27. The third-order valence-corrected chi connectivity index (χ3v) is 4.23.